The summed E-state index contributed by atoms with van der Waals surface area (Å²) in [5.74, 6) is 3.29. The van der Waals surface area contributed by atoms with Gasteiger partial charge in [-0.05, 0) is 163 Å². The number of hydrogen-bond donors (Lipinski definition) is 0. The molecule has 0 radical (unpaired) electrons. The molecule has 3 aromatic heterocycles. The first kappa shape index (κ1) is 67.4. The van der Waals surface area contributed by atoms with Crippen molar-refractivity contribution in [1.29, 1.82) is 0 Å². The van der Waals surface area contributed by atoms with Crippen molar-refractivity contribution in [2.45, 2.75) is 90.5 Å². The van der Waals surface area contributed by atoms with Crippen molar-refractivity contribution < 1.29 is 56.2 Å². The summed E-state index contributed by atoms with van der Waals surface area (Å²) in [6.45, 7) is 21.2. The zero-order chi connectivity index (χ0) is 66.6. The normalized spacial score (nSPS) is 12.4. The number of ether oxygens (including phenoxy) is 9. The van der Waals surface area contributed by atoms with Crippen LogP contribution in [-0.4, -0.2) is 94.2 Å². The highest BCUT2D eigenvalue weighted by atomic mass is 32.1. The highest BCUT2D eigenvalue weighted by molar-refractivity contribution is 7.22. The van der Waals surface area contributed by atoms with Crippen molar-refractivity contribution in [2.75, 3.05) is 47.8 Å². The summed E-state index contributed by atoms with van der Waals surface area (Å²) in [7, 11) is 2.52. The Morgan fingerprint density at radius 1 is 0.691 bits per heavy atom. The predicted molar refractivity (Wildman–Crippen MR) is 369 cm³/mol. The standard InChI is InChI=1S/C76H79FN4O11SSi/c1-13-40-86-46-62(47-89-76(53-20-16-15-17-21-53,54-26-32-58(83-8)33-27-54)55-28-34-59(84-9)35-29-55)90-61-41-49(3)67(50(4)42-61)68-69-72(79-48-80-73(69)93-70(68)51-24-30-56(77)31-25-51)91-66(74(82)87-14-2)44-52-43-60(92-94(11,12)75(5,6)7)36-37-64(52)88-45-57-38-39-78-71(81-57)63-22-18-19-23-65(63)85-10/h13,15-39,41-43,48,62,66H,1,14,40,44-47H2,2-12H3/t62-,66-/m1/s1. The molecule has 0 N–H and O–H groups in total. The molecule has 3 heterocycles. The van der Waals surface area contributed by atoms with Crippen LogP contribution < -0.4 is 32.8 Å². The van der Waals surface area contributed by atoms with Crippen LogP contribution in [0.15, 0.2) is 189 Å². The van der Waals surface area contributed by atoms with Crippen LogP contribution in [0.25, 0.3) is 43.2 Å². The lowest BCUT2D eigenvalue weighted by Gasteiger charge is -2.37. The summed E-state index contributed by atoms with van der Waals surface area (Å²) in [4.78, 5) is 35.0. The highest BCUT2D eigenvalue weighted by Gasteiger charge is 2.41. The molecule has 10 aromatic rings. The Labute approximate surface area is 554 Å². The number of rotatable bonds is 29. The third kappa shape index (κ3) is 15.3. The topological polar surface area (TPSA) is 161 Å². The van der Waals surface area contributed by atoms with E-state index in [1.165, 1.54) is 29.8 Å². The summed E-state index contributed by atoms with van der Waals surface area (Å²) >= 11 is 1.40. The first-order valence-corrected chi connectivity index (χ1v) is 34.8. The minimum absolute atomic E-state index is 0.0208. The number of carbonyl (C=O) groups is 1. The highest BCUT2D eigenvalue weighted by Crippen LogP contribution is 2.50. The van der Waals surface area contributed by atoms with Gasteiger partial charge in [0.2, 0.25) is 20.3 Å². The number of esters is 1. The number of para-hydroxylation sites is 1. The second-order valence-corrected chi connectivity index (χ2v) is 29.8. The zero-order valence-electron chi connectivity index (χ0n) is 55.0. The average Bonchev–Trinajstić information content (AvgIpc) is 1.45. The number of methoxy groups -OCH3 is 3. The second kappa shape index (κ2) is 30.1. The lowest BCUT2D eigenvalue weighted by Crippen LogP contribution is -2.43. The van der Waals surface area contributed by atoms with Gasteiger partial charge < -0.3 is 47.1 Å². The number of aryl methyl sites for hydroxylation is 2. The van der Waals surface area contributed by atoms with Crippen LogP contribution in [0.3, 0.4) is 0 Å². The molecule has 486 valence electrons. The number of benzene rings is 7. The minimum atomic E-state index is -2.37. The summed E-state index contributed by atoms with van der Waals surface area (Å²) < 4.78 is 78.5. The number of carbonyl (C=O) groups excluding carboxylic acids is 1. The van der Waals surface area contributed by atoms with Crippen LogP contribution in [-0.2, 0) is 37.6 Å². The molecule has 0 aliphatic rings. The lowest BCUT2D eigenvalue weighted by molar-refractivity contribution is -0.151. The van der Waals surface area contributed by atoms with E-state index in [0.29, 0.717) is 61.8 Å². The largest absolute Gasteiger partial charge is 0.543 e. The van der Waals surface area contributed by atoms with Crippen LogP contribution in [0.1, 0.15) is 66.8 Å². The monoisotopic (exact) mass is 1300 g/mol. The van der Waals surface area contributed by atoms with E-state index >= 15 is 0 Å². The SMILES string of the molecule is C=CCOC[C@H](COC(c1ccccc1)(c1ccc(OC)cc1)c1ccc(OC)cc1)Oc1cc(C)c(-c2c(-c3ccc(F)cc3)sc3ncnc(O[C@H](Cc4cc(O[Si](C)(C)C(C)(C)C)ccc4OCc4ccnc(-c5ccccc5OC)n4)C(=O)OCC)c23)c(C)c1. The maximum atomic E-state index is 14.8. The van der Waals surface area contributed by atoms with Crippen LogP contribution >= 0.6 is 11.3 Å². The van der Waals surface area contributed by atoms with E-state index in [1.54, 1.807) is 58.7 Å². The Kier molecular flexibility index (Phi) is 21.6. The maximum absolute atomic E-state index is 14.8. The molecule has 0 unspecified atom stereocenters. The van der Waals surface area contributed by atoms with Gasteiger partial charge in [-0.3, -0.25) is 0 Å². The van der Waals surface area contributed by atoms with Crippen LogP contribution in [0.4, 0.5) is 4.39 Å². The predicted octanol–water partition coefficient (Wildman–Crippen LogP) is 16.7. The van der Waals surface area contributed by atoms with Gasteiger partial charge in [-0.1, -0.05) is 106 Å². The Bertz CT molecular complexity index is 4150. The molecule has 18 heteroatoms. The van der Waals surface area contributed by atoms with Crippen LogP contribution in [0.5, 0.6) is 40.4 Å². The van der Waals surface area contributed by atoms with Gasteiger partial charge in [0, 0.05) is 28.6 Å². The van der Waals surface area contributed by atoms with Crippen molar-refractivity contribution in [3.8, 4) is 73.3 Å². The third-order valence-electron chi connectivity index (χ3n) is 16.7. The summed E-state index contributed by atoms with van der Waals surface area (Å²) in [5.41, 5.74) is 7.38. The number of nitrogens with zero attached hydrogens (tertiary/aromatic N) is 4. The Hall–Kier alpha value is -9.46. The summed E-state index contributed by atoms with van der Waals surface area (Å²) in [6.07, 6.45) is 2.86. The molecular weight excluding hydrogens is 1220 g/mol. The van der Waals surface area contributed by atoms with E-state index in [2.05, 4.69) is 57.6 Å². The van der Waals surface area contributed by atoms with E-state index in [9.17, 15) is 9.18 Å². The fraction of sp³-hybridized carbons (Fsp3) is 0.276. The average molecular weight is 1300 g/mol. The van der Waals surface area contributed by atoms with E-state index in [4.69, 9.17) is 62.0 Å². The van der Waals surface area contributed by atoms with Gasteiger partial charge in [0.05, 0.1) is 64.4 Å². The maximum Gasteiger partial charge on any atom is 0.347 e. The van der Waals surface area contributed by atoms with Gasteiger partial charge in [0.25, 0.3) is 0 Å². The van der Waals surface area contributed by atoms with Crippen molar-refractivity contribution in [3.63, 3.8) is 0 Å². The minimum Gasteiger partial charge on any atom is -0.543 e. The first-order valence-electron chi connectivity index (χ1n) is 31.1. The molecule has 0 saturated carbocycles. The van der Waals surface area contributed by atoms with Crippen LogP contribution in [0.2, 0.25) is 18.1 Å². The van der Waals surface area contributed by atoms with Crippen molar-refractivity contribution in [1.82, 2.24) is 19.9 Å². The number of aromatic nitrogens is 4. The van der Waals surface area contributed by atoms with Crippen LogP contribution in [0, 0.1) is 19.7 Å². The van der Waals surface area contributed by atoms with Gasteiger partial charge in [0.15, 0.2) is 5.82 Å². The molecule has 94 heavy (non-hydrogen) atoms. The van der Waals surface area contributed by atoms with E-state index in [1.807, 2.05) is 135 Å². The second-order valence-electron chi connectivity index (χ2n) is 24.0. The molecule has 0 aliphatic carbocycles. The molecular formula is C76H79FN4O11SSi. The quantitative estimate of drug-likeness (QED) is 0.0143. The molecule has 0 amide bonds. The Morgan fingerprint density at radius 2 is 1.34 bits per heavy atom. The molecule has 0 spiro atoms. The molecule has 7 aromatic carbocycles. The van der Waals surface area contributed by atoms with Crippen molar-refractivity contribution in [2.24, 2.45) is 0 Å². The van der Waals surface area contributed by atoms with E-state index < -0.39 is 32.1 Å². The van der Waals surface area contributed by atoms with Crippen molar-refractivity contribution >= 4 is 35.8 Å². The smallest absolute Gasteiger partial charge is 0.347 e. The Balaban J connectivity index is 1.03. The number of thiophene rings is 1. The fourth-order valence-corrected chi connectivity index (χ4v) is 13.2. The molecule has 0 saturated heterocycles. The first-order chi connectivity index (χ1) is 45.4. The number of hydrogen-bond acceptors (Lipinski definition) is 16. The lowest BCUT2D eigenvalue weighted by atomic mass is 9.80. The summed E-state index contributed by atoms with van der Waals surface area (Å²) in [5, 5.41) is 0.422. The Morgan fingerprint density at radius 3 is 1.98 bits per heavy atom. The van der Waals surface area contributed by atoms with Crippen molar-refractivity contribution in [3.05, 3.63) is 234 Å². The third-order valence-corrected chi connectivity index (χ3v) is 22.2. The summed E-state index contributed by atoms with van der Waals surface area (Å²) in [6, 6.07) is 51.1. The number of fused-ring (bicyclic) bond motifs is 1. The molecule has 10 rings (SSSR count). The van der Waals surface area contributed by atoms with Gasteiger partial charge in [0.1, 0.15) is 69.8 Å². The van der Waals surface area contributed by atoms with Gasteiger partial charge in [-0.15, -0.1) is 17.9 Å². The molecule has 0 aliphatic heterocycles. The van der Waals surface area contributed by atoms with Gasteiger partial charge >= 0.3 is 5.97 Å². The molecule has 2 atom stereocenters. The molecule has 15 nitrogen and oxygen atoms in total. The molecule has 0 bridgehead atoms. The van der Waals surface area contributed by atoms with E-state index in [-0.39, 0.29) is 56.2 Å². The zero-order valence-corrected chi connectivity index (χ0v) is 56.8. The van der Waals surface area contributed by atoms with E-state index in [0.717, 1.165) is 54.9 Å². The van der Waals surface area contributed by atoms with Gasteiger partial charge in [-0.25, -0.2) is 29.1 Å². The number of halogens is 1. The molecule has 0 fully saturated rings. The van der Waals surface area contributed by atoms with Gasteiger partial charge in [-0.2, -0.15) is 0 Å². The fourth-order valence-electron chi connectivity index (χ4n) is 11.0.